The molecule has 1 aromatic rings. The number of allylic oxidation sites excluding steroid dienone is 4. The number of carboxylic acids is 1. The van der Waals surface area contributed by atoms with Crippen molar-refractivity contribution >= 4 is 17.4 Å². The zero-order valence-electron chi connectivity index (χ0n) is 13.3. The predicted octanol–water partition coefficient (Wildman–Crippen LogP) is 2.71. The van der Waals surface area contributed by atoms with Crippen LogP contribution >= 0.6 is 0 Å². The van der Waals surface area contributed by atoms with Crippen molar-refractivity contribution in [2.45, 2.75) is 57.8 Å². The van der Waals surface area contributed by atoms with E-state index in [1.807, 2.05) is 16.7 Å². The molecule has 0 bridgehead atoms. The minimum atomic E-state index is -0.871. The van der Waals surface area contributed by atoms with E-state index in [9.17, 15) is 9.59 Å². The van der Waals surface area contributed by atoms with Gasteiger partial charge in [0.25, 0.3) is 0 Å². The fourth-order valence-corrected chi connectivity index (χ4v) is 3.37. The highest BCUT2D eigenvalue weighted by molar-refractivity contribution is 6.19. The molecular weight excluding hydrogens is 294 g/mol. The lowest BCUT2D eigenvalue weighted by Crippen LogP contribution is -2.13. The Bertz CT molecular complexity index is 700. The molecule has 1 N–H and O–H groups in total. The second-order valence-electron chi connectivity index (χ2n) is 6.09. The molecule has 1 atom stereocenters. The number of unbranched alkanes of at least 4 members (excludes halogenated alkanes) is 2. The third-order valence-electron chi connectivity index (χ3n) is 4.46. The van der Waals surface area contributed by atoms with Crippen LogP contribution in [0.15, 0.2) is 17.7 Å². The van der Waals surface area contributed by atoms with Crippen molar-refractivity contribution in [2.24, 2.45) is 0 Å². The number of carbonyl (C=O) groups is 2. The van der Waals surface area contributed by atoms with Gasteiger partial charge in [0.1, 0.15) is 11.6 Å². The first-order chi connectivity index (χ1) is 11.1. The Balaban J connectivity index is 1.95. The van der Waals surface area contributed by atoms with Crippen LogP contribution in [0.25, 0.3) is 5.70 Å². The SMILES string of the molecule is CCCCCC1C2=C(C(=O)CC=C2)n2c(CCC(=O)O)nnc21. The van der Waals surface area contributed by atoms with Crippen LogP contribution in [0, 0.1) is 0 Å². The third kappa shape index (κ3) is 2.85. The molecule has 1 aliphatic heterocycles. The smallest absolute Gasteiger partial charge is 0.303 e. The molecule has 2 aliphatic rings. The number of hydrogen-bond acceptors (Lipinski definition) is 4. The summed E-state index contributed by atoms with van der Waals surface area (Å²) in [4.78, 5) is 23.2. The van der Waals surface area contributed by atoms with E-state index in [1.165, 1.54) is 0 Å². The van der Waals surface area contributed by atoms with Gasteiger partial charge in [0, 0.05) is 18.8 Å². The molecule has 0 amide bonds. The zero-order valence-corrected chi connectivity index (χ0v) is 13.3. The molecule has 0 saturated carbocycles. The topological polar surface area (TPSA) is 85.1 Å². The highest BCUT2D eigenvalue weighted by Crippen LogP contribution is 2.43. The Morgan fingerprint density at radius 1 is 1.39 bits per heavy atom. The molecule has 6 heteroatoms. The molecule has 1 unspecified atom stereocenters. The summed E-state index contributed by atoms with van der Waals surface area (Å²) in [6, 6.07) is 0. The van der Waals surface area contributed by atoms with Gasteiger partial charge < -0.3 is 5.11 Å². The molecule has 23 heavy (non-hydrogen) atoms. The number of hydrogen-bond donors (Lipinski definition) is 1. The van der Waals surface area contributed by atoms with Crippen molar-refractivity contribution in [1.29, 1.82) is 0 Å². The maximum atomic E-state index is 12.4. The van der Waals surface area contributed by atoms with Crippen molar-refractivity contribution in [1.82, 2.24) is 14.8 Å². The highest BCUT2D eigenvalue weighted by atomic mass is 16.4. The minimum absolute atomic E-state index is 0.00865. The number of nitrogens with zero attached hydrogens (tertiary/aromatic N) is 3. The van der Waals surface area contributed by atoms with Gasteiger partial charge in [-0.05, 0) is 12.0 Å². The van der Waals surface area contributed by atoms with Gasteiger partial charge in [-0.15, -0.1) is 10.2 Å². The van der Waals surface area contributed by atoms with Gasteiger partial charge in [0.05, 0.1) is 12.1 Å². The Morgan fingerprint density at radius 3 is 2.96 bits per heavy atom. The molecule has 1 aliphatic carbocycles. The van der Waals surface area contributed by atoms with Crippen LogP contribution in [-0.4, -0.2) is 31.6 Å². The predicted molar refractivity (Wildman–Crippen MR) is 84.8 cm³/mol. The van der Waals surface area contributed by atoms with E-state index in [4.69, 9.17) is 5.11 Å². The lowest BCUT2D eigenvalue weighted by Gasteiger charge is -2.13. The molecule has 2 heterocycles. The Kier molecular flexibility index (Phi) is 4.41. The summed E-state index contributed by atoms with van der Waals surface area (Å²) in [5, 5.41) is 17.3. The van der Waals surface area contributed by atoms with Crippen LogP contribution in [0.5, 0.6) is 0 Å². The first-order valence-electron chi connectivity index (χ1n) is 8.23. The van der Waals surface area contributed by atoms with Gasteiger partial charge in [-0.2, -0.15) is 0 Å². The lowest BCUT2D eigenvalue weighted by molar-refractivity contribution is -0.137. The van der Waals surface area contributed by atoms with Crippen LogP contribution < -0.4 is 0 Å². The van der Waals surface area contributed by atoms with Gasteiger partial charge >= 0.3 is 5.97 Å². The number of rotatable bonds is 7. The van der Waals surface area contributed by atoms with E-state index in [1.54, 1.807) is 0 Å². The fraction of sp³-hybridized carbons (Fsp3) is 0.529. The van der Waals surface area contributed by atoms with Crippen molar-refractivity contribution in [2.75, 3.05) is 0 Å². The number of carboxylic acid groups (broad SMARTS) is 1. The average Bonchev–Trinajstić information content (AvgIpc) is 3.05. The molecule has 0 fully saturated rings. The molecular formula is C17H21N3O3. The van der Waals surface area contributed by atoms with Gasteiger partial charge in [0.2, 0.25) is 0 Å². The maximum absolute atomic E-state index is 12.4. The molecule has 3 rings (SSSR count). The molecule has 0 radical (unpaired) electrons. The highest BCUT2D eigenvalue weighted by Gasteiger charge is 2.37. The van der Waals surface area contributed by atoms with Gasteiger partial charge in [-0.25, -0.2) is 0 Å². The summed E-state index contributed by atoms with van der Waals surface area (Å²) in [6.45, 7) is 2.16. The number of aliphatic carboxylic acids is 1. The van der Waals surface area contributed by atoms with E-state index >= 15 is 0 Å². The van der Waals surface area contributed by atoms with E-state index in [0.717, 1.165) is 37.1 Å². The molecule has 0 saturated heterocycles. The van der Waals surface area contributed by atoms with Crippen LogP contribution in [0.3, 0.4) is 0 Å². The van der Waals surface area contributed by atoms with E-state index < -0.39 is 5.97 Å². The average molecular weight is 315 g/mol. The fourth-order valence-electron chi connectivity index (χ4n) is 3.37. The van der Waals surface area contributed by atoms with Gasteiger partial charge in [-0.3, -0.25) is 14.2 Å². The van der Waals surface area contributed by atoms with E-state index in [-0.39, 0.29) is 24.5 Å². The largest absolute Gasteiger partial charge is 0.481 e. The van der Waals surface area contributed by atoms with Crippen molar-refractivity contribution < 1.29 is 14.7 Å². The second kappa shape index (κ2) is 6.48. The van der Waals surface area contributed by atoms with Crippen LogP contribution in [0.2, 0.25) is 0 Å². The molecule has 0 aromatic carbocycles. The monoisotopic (exact) mass is 315 g/mol. The normalized spacial score (nSPS) is 19.2. The first-order valence-corrected chi connectivity index (χ1v) is 8.23. The quantitative estimate of drug-likeness (QED) is 0.782. The maximum Gasteiger partial charge on any atom is 0.303 e. The Labute approximate surface area is 134 Å². The van der Waals surface area contributed by atoms with Gasteiger partial charge in [0.15, 0.2) is 5.78 Å². The zero-order chi connectivity index (χ0) is 16.4. The number of ketones is 1. The summed E-state index contributed by atoms with van der Waals surface area (Å²) in [7, 11) is 0. The van der Waals surface area contributed by atoms with Crippen LogP contribution in [0.4, 0.5) is 0 Å². The summed E-state index contributed by atoms with van der Waals surface area (Å²) in [5.41, 5.74) is 1.69. The van der Waals surface area contributed by atoms with Crippen molar-refractivity contribution in [3.8, 4) is 0 Å². The summed E-state index contributed by atoms with van der Waals surface area (Å²) in [5.74, 6) is 0.674. The molecule has 6 nitrogen and oxygen atoms in total. The number of aromatic nitrogens is 3. The standard InChI is InChI=1S/C17H21N3O3/c1-2-3-4-6-12-11-7-5-8-13(21)16(11)20-14(9-10-15(22)23)18-19-17(12)20/h5,7,12H,2-4,6,8-10H2,1H3,(H,22,23). The van der Waals surface area contributed by atoms with E-state index in [2.05, 4.69) is 17.1 Å². The van der Waals surface area contributed by atoms with Crippen molar-refractivity contribution in [3.63, 3.8) is 0 Å². The Morgan fingerprint density at radius 2 is 2.22 bits per heavy atom. The minimum Gasteiger partial charge on any atom is -0.481 e. The number of Topliss-reactive ketones (excluding diaryl/α,β-unsaturated/α-hetero) is 1. The number of fused-ring (bicyclic) bond motifs is 2. The van der Waals surface area contributed by atoms with Crippen LogP contribution in [0.1, 0.15) is 63.0 Å². The Hall–Kier alpha value is -2.24. The van der Waals surface area contributed by atoms with E-state index in [0.29, 0.717) is 17.9 Å². The second-order valence-corrected chi connectivity index (χ2v) is 6.09. The summed E-state index contributed by atoms with van der Waals surface area (Å²) in [6.07, 6.45) is 8.92. The van der Waals surface area contributed by atoms with Crippen molar-refractivity contribution in [3.05, 3.63) is 29.4 Å². The first kappa shape index (κ1) is 15.6. The van der Waals surface area contributed by atoms with Gasteiger partial charge in [-0.1, -0.05) is 38.3 Å². The third-order valence-corrected chi connectivity index (χ3v) is 4.46. The lowest BCUT2D eigenvalue weighted by atomic mass is 9.90. The molecule has 0 spiro atoms. The molecule has 122 valence electrons. The number of carbonyl (C=O) groups excluding carboxylic acids is 1. The summed E-state index contributed by atoms with van der Waals surface area (Å²) < 4.78 is 1.82. The number of aryl methyl sites for hydroxylation is 1. The molecule has 1 aromatic heterocycles. The van der Waals surface area contributed by atoms with Crippen LogP contribution in [-0.2, 0) is 16.0 Å². The summed E-state index contributed by atoms with van der Waals surface area (Å²) >= 11 is 0.